The molecule has 2 atom stereocenters. The van der Waals surface area contributed by atoms with E-state index in [1.165, 1.54) is 24.4 Å². The van der Waals surface area contributed by atoms with Crippen molar-refractivity contribution in [2.75, 3.05) is 5.32 Å². The number of aromatic hydroxyl groups is 1. The molecular weight excluding hydrogens is 351 g/mol. The topological polar surface area (TPSA) is 115 Å². The number of nitrogens with one attached hydrogen (secondary N) is 2. The molecule has 3 rings (SSSR count). The van der Waals surface area contributed by atoms with E-state index in [1.807, 2.05) is 6.07 Å². The van der Waals surface area contributed by atoms with E-state index in [-0.39, 0.29) is 40.9 Å². The Hall–Kier alpha value is -3.47. The minimum absolute atomic E-state index is 0.0519. The van der Waals surface area contributed by atoms with Gasteiger partial charge in [-0.1, -0.05) is 6.92 Å². The normalized spacial score (nSPS) is 17.7. The van der Waals surface area contributed by atoms with Crippen molar-refractivity contribution in [1.29, 1.82) is 5.26 Å². The lowest BCUT2D eigenvalue weighted by molar-refractivity contribution is 0.0985. The highest BCUT2D eigenvalue weighted by Gasteiger charge is 2.43. The molecule has 2 aromatic rings. The molecule has 0 bridgehead atoms. The lowest BCUT2D eigenvalue weighted by Gasteiger charge is -2.11. The molecule has 1 aromatic carbocycles. The van der Waals surface area contributed by atoms with Crippen LogP contribution in [0.3, 0.4) is 0 Å². The Bertz CT molecular complexity index is 937. The van der Waals surface area contributed by atoms with Crippen molar-refractivity contribution in [2.24, 2.45) is 0 Å². The zero-order valence-corrected chi connectivity index (χ0v) is 14.5. The van der Waals surface area contributed by atoms with Crippen LogP contribution in [0.15, 0.2) is 30.5 Å². The second kappa shape index (κ2) is 7.41. The summed E-state index contributed by atoms with van der Waals surface area (Å²) in [7, 11) is 0. The molecule has 0 unspecified atom stereocenters. The number of phenols is 1. The smallest absolute Gasteiger partial charge is 0.320 e. The molecule has 3 N–H and O–H groups in total. The molecule has 0 saturated heterocycles. The number of aromatic nitrogens is 1. The summed E-state index contributed by atoms with van der Waals surface area (Å²) in [4.78, 5) is 27.8. The summed E-state index contributed by atoms with van der Waals surface area (Å²) in [6.45, 7) is 1.66. The van der Waals surface area contributed by atoms with Crippen LogP contribution < -0.4 is 10.6 Å². The van der Waals surface area contributed by atoms with Crippen molar-refractivity contribution in [3.8, 4) is 11.8 Å². The van der Waals surface area contributed by atoms with E-state index in [9.17, 15) is 19.1 Å². The molecule has 138 valence electrons. The number of benzene rings is 1. The van der Waals surface area contributed by atoms with Crippen molar-refractivity contribution in [3.05, 3.63) is 53.0 Å². The summed E-state index contributed by atoms with van der Waals surface area (Å²) >= 11 is 0. The third-order valence-corrected chi connectivity index (χ3v) is 4.40. The average Bonchev–Trinajstić information content (AvgIpc) is 3.40. The van der Waals surface area contributed by atoms with Crippen molar-refractivity contribution < 1.29 is 19.1 Å². The molecule has 2 amide bonds. The van der Waals surface area contributed by atoms with Gasteiger partial charge < -0.3 is 10.4 Å². The van der Waals surface area contributed by atoms with Crippen LogP contribution in [0.1, 0.15) is 47.2 Å². The number of Topliss-reactive ketones (excluding diaryl/α,β-unsaturated/α-hetero) is 1. The third-order valence-electron chi connectivity index (χ3n) is 4.40. The molecular formula is C19H17FN4O3. The summed E-state index contributed by atoms with van der Waals surface area (Å²) in [6, 6.07) is 6.48. The molecule has 1 heterocycles. The number of ketones is 1. The molecule has 1 saturated carbocycles. The van der Waals surface area contributed by atoms with E-state index >= 15 is 0 Å². The van der Waals surface area contributed by atoms with E-state index < -0.39 is 17.8 Å². The molecule has 27 heavy (non-hydrogen) atoms. The van der Waals surface area contributed by atoms with Crippen molar-refractivity contribution in [3.63, 3.8) is 0 Å². The standard InChI is InChI=1S/C19H17FN4O3/c1-2-15(25)11-4-5-13(20)17(18(11)26)12-7-14(12)23-19(27)24-16-6-3-10(8-21)9-22-16/h3-6,9,12,14,26H,2,7H2,1H3,(H2,22,23,24,27)/t12-,14+/m1/s1. The molecule has 1 fully saturated rings. The maximum absolute atomic E-state index is 14.2. The number of carbonyl (C=O) groups excluding carboxylic acids is 2. The molecule has 0 spiro atoms. The Kier molecular flexibility index (Phi) is 5.03. The molecule has 1 aromatic heterocycles. The van der Waals surface area contributed by atoms with E-state index in [4.69, 9.17) is 5.26 Å². The summed E-state index contributed by atoms with van der Waals surface area (Å²) in [5, 5.41) is 24.2. The van der Waals surface area contributed by atoms with Gasteiger partial charge in [-0.05, 0) is 30.7 Å². The van der Waals surface area contributed by atoms with Gasteiger partial charge in [0, 0.05) is 30.1 Å². The van der Waals surface area contributed by atoms with Gasteiger partial charge >= 0.3 is 6.03 Å². The summed E-state index contributed by atoms with van der Waals surface area (Å²) in [5.74, 6) is -1.37. The first-order valence-corrected chi connectivity index (χ1v) is 8.42. The van der Waals surface area contributed by atoms with Crippen LogP contribution in [0.25, 0.3) is 0 Å². The fourth-order valence-corrected chi connectivity index (χ4v) is 2.88. The Balaban J connectivity index is 1.66. The van der Waals surface area contributed by atoms with Gasteiger partial charge in [0.05, 0.1) is 11.1 Å². The number of hydrogen-bond acceptors (Lipinski definition) is 5. The maximum atomic E-state index is 14.2. The van der Waals surface area contributed by atoms with Crippen LogP contribution in [0.2, 0.25) is 0 Å². The van der Waals surface area contributed by atoms with Gasteiger partial charge in [-0.3, -0.25) is 10.1 Å². The number of phenolic OH excluding ortho intramolecular Hbond substituents is 1. The second-order valence-electron chi connectivity index (χ2n) is 6.23. The number of hydrogen-bond donors (Lipinski definition) is 3. The van der Waals surface area contributed by atoms with Gasteiger partial charge in [-0.15, -0.1) is 0 Å². The van der Waals surface area contributed by atoms with E-state index in [0.29, 0.717) is 12.0 Å². The highest BCUT2D eigenvalue weighted by atomic mass is 19.1. The van der Waals surface area contributed by atoms with Crippen LogP contribution in [0, 0.1) is 17.1 Å². The van der Waals surface area contributed by atoms with Gasteiger partial charge in [0.25, 0.3) is 0 Å². The number of pyridine rings is 1. The largest absolute Gasteiger partial charge is 0.507 e. The average molecular weight is 368 g/mol. The number of anilines is 1. The first-order valence-electron chi connectivity index (χ1n) is 8.42. The lowest BCUT2D eigenvalue weighted by Crippen LogP contribution is -2.31. The first kappa shape index (κ1) is 18.3. The summed E-state index contributed by atoms with van der Waals surface area (Å²) < 4.78 is 14.2. The molecule has 0 aliphatic heterocycles. The Morgan fingerprint density at radius 2 is 2.15 bits per heavy atom. The number of rotatable bonds is 5. The van der Waals surface area contributed by atoms with Crippen molar-refractivity contribution in [1.82, 2.24) is 10.3 Å². The Morgan fingerprint density at radius 1 is 1.37 bits per heavy atom. The fourth-order valence-electron chi connectivity index (χ4n) is 2.88. The van der Waals surface area contributed by atoms with Gasteiger partial charge in [-0.2, -0.15) is 5.26 Å². The van der Waals surface area contributed by atoms with E-state index in [0.717, 1.165) is 6.07 Å². The zero-order valence-electron chi connectivity index (χ0n) is 14.5. The van der Waals surface area contributed by atoms with Crippen molar-refractivity contribution >= 4 is 17.6 Å². The number of carbonyl (C=O) groups is 2. The molecule has 1 aliphatic rings. The Morgan fingerprint density at radius 3 is 2.78 bits per heavy atom. The predicted octanol–water partition coefficient (Wildman–Crippen LogP) is 3.07. The maximum Gasteiger partial charge on any atom is 0.320 e. The van der Waals surface area contributed by atoms with Crippen molar-refractivity contribution in [2.45, 2.75) is 31.7 Å². The number of halogens is 1. The van der Waals surface area contributed by atoms with Gasteiger partial charge in [0.2, 0.25) is 0 Å². The summed E-state index contributed by atoms with van der Waals surface area (Å²) in [5.41, 5.74) is 0.512. The quantitative estimate of drug-likeness (QED) is 0.702. The zero-order chi connectivity index (χ0) is 19.6. The van der Waals surface area contributed by atoms with Crippen LogP contribution in [-0.4, -0.2) is 27.9 Å². The number of nitrogens with zero attached hydrogens (tertiary/aromatic N) is 2. The van der Waals surface area contributed by atoms with Gasteiger partial charge in [0.15, 0.2) is 5.78 Å². The number of amides is 2. The van der Waals surface area contributed by atoms with E-state index in [1.54, 1.807) is 6.92 Å². The minimum Gasteiger partial charge on any atom is -0.507 e. The van der Waals surface area contributed by atoms with Crippen LogP contribution >= 0.6 is 0 Å². The van der Waals surface area contributed by atoms with Crippen LogP contribution in [0.4, 0.5) is 15.0 Å². The SMILES string of the molecule is CCC(=O)c1ccc(F)c([C@@H]2C[C@@H]2NC(=O)Nc2ccc(C#N)cn2)c1O. The van der Waals surface area contributed by atoms with E-state index in [2.05, 4.69) is 15.6 Å². The first-order chi connectivity index (χ1) is 12.9. The van der Waals surface area contributed by atoms with Gasteiger partial charge in [-0.25, -0.2) is 14.2 Å². The van der Waals surface area contributed by atoms with Crippen LogP contribution in [-0.2, 0) is 0 Å². The monoisotopic (exact) mass is 368 g/mol. The highest BCUT2D eigenvalue weighted by Crippen LogP contribution is 2.46. The second-order valence-corrected chi connectivity index (χ2v) is 6.23. The summed E-state index contributed by atoms with van der Waals surface area (Å²) in [6.07, 6.45) is 1.98. The van der Waals surface area contributed by atoms with Gasteiger partial charge in [0.1, 0.15) is 23.5 Å². The molecule has 0 radical (unpaired) electrons. The number of nitriles is 1. The third kappa shape index (κ3) is 3.87. The molecule has 7 nitrogen and oxygen atoms in total. The highest BCUT2D eigenvalue weighted by molar-refractivity contribution is 5.99. The minimum atomic E-state index is -0.608. The molecule has 1 aliphatic carbocycles. The number of urea groups is 1. The Labute approximate surface area is 154 Å². The lowest BCUT2D eigenvalue weighted by atomic mass is 10.00. The molecule has 8 heteroatoms. The van der Waals surface area contributed by atoms with Crippen LogP contribution in [0.5, 0.6) is 5.75 Å². The predicted molar refractivity (Wildman–Crippen MR) is 94.9 cm³/mol. The fraction of sp³-hybridized carbons (Fsp3) is 0.263.